The van der Waals surface area contributed by atoms with Crippen molar-refractivity contribution in [2.24, 2.45) is 0 Å². The highest BCUT2D eigenvalue weighted by atomic mass is 79.9. The molecule has 0 aromatic carbocycles. The zero-order chi connectivity index (χ0) is 16.0. The van der Waals surface area contributed by atoms with E-state index in [1.54, 1.807) is 6.92 Å². The molecule has 0 amide bonds. The number of nitrogens with one attached hydrogen (secondary N) is 1. The van der Waals surface area contributed by atoms with Crippen LogP contribution in [0.1, 0.15) is 30.6 Å². The summed E-state index contributed by atoms with van der Waals surface area (Å²) in [5.41, 5.74) is -0.266. The van der Waals surface area contributed by atoms with Crippen LogP contribution in [0.5, 0.6) is 0 Å². The van der Waals surface area contributed by atoms with Crippen molar-refractivity contribution in [3.05, 3.63) is 44.5 Å². The summed E-state index contributed by atoms with van der Waals surface area (Å²) in [6.45, 7) is 3.69. The van der Waals surface area contributed by atoms with E-state index in [4.69, 9.17) is 10.1 Å². The lowest BCUT2D eigenvalue weighted by Crippen LogP contribution is -2.25. The topological polar surface area (TPSA) is 81.4 Å². The molecule has 0 bridgehead atoms. The van der Waals surface area contributed by atoms with Crippen molar-refractivity contribution in [1.29, 1.82) is 5.41 Å². The number of aromatic nitrogens is 1. The quantitative estimate of drug-likeness (QED) is 0.380. The molecule has 114 valence electrons. The molecular weight excluding hydrogens is 340 g/mol. The van der Waals surface area contributed by atoms with E-state index in [0.29, 0.717) is 10.2 Å². The number of halogens is 1. The van der Waals surface area contributed by atoms with Gasteiger partial charge in [-0.1, -0.05) is 6.92 Å². The molecule has 1 aromatic heterocycles. The summed E-state index contributed by atoms with van der Waals surface area (Å²) in [6, 6.07) is 1.16. The predicted octanol–water partition coefficient (Wildman–Crippen LogP) is 2.71. The third kappa shape index (κ3) is 4.86. The van der Waals surface area contributed by atoms with E-state index in [2.05, 4.69) is 20.7 Å². The van der Waals surface area contributed by atoms with Gasteiger partial charge in [-0.25, -0.2) is 4.79 Å². The van der Waals surface area contributed by atoms with Crippen LogP contribution in [0.3, 0.4) is 0 Å². The van der Waals surface area contributed by atoms with Gasteiger partial charge in [0.15, 0.2) is 0 Å². The molecule has 0 fully saturated rings. The fourth-order valence-electron chi connectivity index (χ4n) is 1.65. The number of carbonyl (C=O) groups excluding carboxylic acids is 1. The molecular formula is C14H17BrN2O4. The number of carbonyl (C=O) groups is 1. The number of hydrogen-bond donors (Lipinski definition) is 1. The van der Waals surface area contributed by atoms with E-state index in [1.165, 1.54) is 17.9 Å². The Labute approximate surface area is 131 Å². The molecule has 1 heterocycles. The van der Waals surface area contributed by atoms with Crippen LogP contribution < -0.4 is 5.56 Å². The molecule has 0 saturated heterocycles. The van der Waals surface area contributed by atoms with Crippen molar-refractivity contribution in [2.75, 3.05) is 7.11 Å². The molecule has 0 aliphatic rings. The van der Waals surface area contributed by atoms with E-state index >= 15 is 0 Å². The van der Waals surface area contributed by atoms with Crippen LogP contribution in [-0.2, 0) is 16.0 Å². The predicted molar refractivity (Wildman–Crippen MR) is 82.6 cm³/mol. The Morgan fingerprint density at radius 1 is 1.52 bits per heavy atom. The monoisotopic (exact) mass is 356 g/mol. The molecule has 0 saturated carbocycles. The Kier molecular flexibility index (Phi) is 6.36. The zero-order valence-corrected chi connectivity index (χ0v) is 13.7. The lowest BCUT2D eigenvalue weighted by molar-refractivity contribution is 0.0599. The second kappa shape index (κ2) is 7.78. The molecule has 0 unspecified atom stereocenters. The highest BCUT2D eigenvalue weighted by Crippen LogP contribution is 2.15. The van der Waals surface area contributed by atoms with Crippen LogP contribution in [0, 0.1) is 5.41 Å². The molecule has 1 aromatic rings. The standard InChI is InChI=1S/C14H17BrN2O4/c1-4-5-9(2)21-12(16)8-17-7-11(15)10(6-13(17)18)14(19)20-3/h5-7,16H,4,8H2,1-3H3/b9-5+,16-12?. The van der Waals surface area contributed by atoms with Crippen LogP contribution in [0.2, 0.25) is 0 Å². The average Bonchev–Trinajstić information content (AvgIpc) is 2.41. The first-order valence-corrected chi connectivity index (χ1v) is 7.08. The van der Waals surface area contributed by atoms with E-state index in [1.807, 2.05) is 13.0 Å². The normalized spacial score (nSPS) is 11.1. The average molecular weight is 357 g/mol. The van der Waals surface area contributed by atoms with E-state index in [9.17, 15) is 9.59 Å². The van der Waals surface area contributed by atoms with Crippen LogP contribution in [0.25, 0.3) is 0 Å². The maximum absolute atomic E-state index is 11.9. The molecule has 0 radical (unpaired) electrons. The van der Waals surface area contributed by atoms with E-state index < -0.39 is 11.5 Å². The number of esters is 1. The Hall–Kier alpha value is -1.89. The van der Waals surface area contributed by atoms with Gasteiger partial charge in [0.25, 0.3) is 5.56 Å². The van der Waals surface area contributed by atoms with Crippen molar-refractivity contribution in [2.45, 2.75) is 26.8 Å². The number of pyridine rings is 1. The van der Waals surface area contributed by atoms with Gasteiger partial charge in [0.1, 0.15) is 6.54 Å². The summed E-state index contributed by atoms with van der Waals surface area (Å²) in [6.07, 6.45) is 4.08. The van der Waals surface area contributed by atoms with Crippen LogP contribution in [0.15, 0.2) is 33.4 Å². The summed E-state index contributed by atoms with van der Waals surface area (Å²) >= 11 is 3.21. The molecule has 0 atom stereocenters. The van der Waals surface area contributed by atoms with Gasteiger partial charge in [-0.2, -0.15) is 0 Å². The van der Waals surface area contributed by atoms with Gasteiger partial charge in [-0.3, -0.25) is 10.2 Å². The molecule has 6 nitrogen and oxygen atoms in total. The molecule has 0 spiro atoms. The second-order valence-corrected chi connectivity index (χ2v) is 5.10. The van der Waals surface area contributed by atoms with Gasteiger partial charge in [0.2, 0.25) is 5.90 Å². The highest BCUT2D eigenvalue weighted by molar-refractivity contribution is 9.10. The van der Waals surface area contributed by atoms with Gasteiger partial charge in [0.05, 0.1) is 18.4 Å². The summed E-state index contributed by atoms with van der Waals surface area (Å²) < 4.78 is 11.5. The number of allylic oxidation sites excluding steroid dienone is 2. The summed E-state index contributed by atoms with van der Waals surface area (Å²) in [7, 11) is 1.24. The van der Waals surface area contributed by atoms with Crippen molar-refractivity contribution in [1.82, 2.24) is 4.57 Å². The molecule has 1 rings (SSSR count). The largest absolute Gasteiger partial charge is 0.465 e. The maximum atomic E-state index is 11.9. The molecule has 0 aliphatic carbocycles. The van der Waals surface area contributed by atoms with Crippen molar-refractivity contribution in [3.63, 3.8) is 0 Å². The van der Waals surface area contributed by atoms with Crippen molar-refractivity contribution >= 4 is 27.8 Å². The number of hydrogen-bond acceptors (Lipinski definition) is 5. The zero-order valence-electron chi connectivity index (χ0n) is 12.1. The highest BCUT2D eigenvalue weighted by Gasteiger charge is 2.14. The Balaban J connectivity index is 2.93. The van der Waals surface area contributed by atoms with Gasteiger partial charge in [0, 0.05) is 16.7 Å². The van der Waals surface area contributed by atoms with E-state index in [-0.39, 0.29) is 18.0 Å². The summed E-state index contributed by atoms with van der Waals surface area (Å²) in [5, 5.41) is 7.75. The number of ether oxygens (including phenoxy) is 2. The smallest absolute Gasteiger partial charge is 0.339 e. The summed E-state index contributed by atoms with van der Waals surface area (Å²) in [5.74, 6) is -0.0445. The van der Waals surface area contributed by atoms with Gasteiger partial charge < -0.3 is 14.0 Å². The molecule has 7 heteroatoms. The van der Waals surface area contributed by atoms with Gasteiger partial charge >= 0.3 is 5.97 Å². The number of methoxy groups -OCH3 is 1. The Morgan fingerprint density at radius 2 is 2.19 bits per heavy atom. The van der Waals surface area contributed by atoms with Crippen LogP contribution in [0.4, 0.5) is 0 Å². The van der Waals surface area contributed by atoms with Crippen molar-refractivity contribution in [3.8, 4) is 0 Å². The first kappa shape index (κ1) is 17.2. The van der Waals surface area contributed by atoms with E-state index in [0.717, 1.165) is 12.5 Å². The number of nitrogens with zero attached hydrogens (tertiary/aromatic N) is 1. The minimum atomic E-state index is -0.598. The Bertz CT molecular complexity index is 634. The third-order valence-corrected chi connectivity index (χ3v) is 3.20. The van der Waals surface area contributed by atoms with Crippen molar-refractivity contribution < 1.29 is 14.3 Å². The first-order valence-electron chi connectivity index (χ1n) is 6.29. The van der Waals surface area contributed by atoms with Crippen LogP contribution in [-0.4, -0.2) is 23.5 Å². The molecule has 1 N–H and O–H groups in total. The number of rotatable bonds is 5. The van der Waals surface area contributed by atoms with Crippen LogP contribution >= 0.6 is 15.9 Å². The Morgan fingerprint density at radius 3 is 2.76 bits per heavy atom. The summed E-state index contributed by atoms with van der Waals surface area (Å²) in [4.78, 5) is 23.4. The fourth-order valence-corrected chi connectivity index (χ4v) is 2.17. The lowest BCUT2D eigenvalue weighted by Gasteiger charge is -2.11. The minimum Gasteiger partial charge on any atom is -0.465 e. The fraction of sp³-hybridized carbons (Fsp3) is 0.357. The first-order chi connectivity index (χ1) is 9.88. The minimum absolute atomic E-state index is 0.0201. The maximum Gasteiger partial charge on any atom is 0.339 e. The molecule has 21 heavy (non-hydrogen) atoms. The third-order valence-electron chi connectivity index (χ3n) is 2.57. The lowest BCUT2D eigenvalue weighted by atomic mass is 10.2. The molecule has 0 aliphatic heterocycles. The second-order valence-electron chi connectivity index (χ2n) is 4.24. The van der Waals surface area contributed by atoms with Gasteiger partial charge in [-0.15, -0.1) is 0 Å². The SMILES string of the molecule is CC/C=C(\C)OC(=N)Cn1cc(Br)c(C(=O)OC)cc1=O. The van der Waals surface area contributed by atoms with Gasteiger partial charge in [-0.05, 0) is 35.4 Å².